The van der Waals surface area contributed by atoms with Crippen molar-refractivity contribution in [1.29, 1.82) is 0 Å². The number of carbonyl (C=O) groups excluding carboxylic acids is 1. The Morgan fingerprint density at radius 3 is 2.69 bits per heavy atom. The summed E-state index contributed by atoms with van der Waals surface area (Å²) in [5, 5.41) is 3.87. The quantitative estimate of drug-likeness (QED) is 0.606. The van der Waals surface area contributed by atoms with E-state index in [0.29, 0.717) is 10.7 Å². The summed E-state index contributed by atoms with van der Waals surface area (Å²) in [7, 11) is 0. The molecule has 0 saturated heterocycles. The molecule has 4 saturated carbocycles. The molecule has 1 N–H and O–H groups in total. The Kier molecular flexibility index (Phi) is 3.82. The third kappa shape index (κ3) is 2.91. The van der Waals surface area contributed by atoms with Crippen LogP contribution in [0, 0.1) is 31.1 Å². The Morgan fingerprint density at radius 2 is 2.00 bits per heavy atom. The number of nitrogens with zero attached hydrogens (tertiary/aromatic N) is 1. The summed E-state index contributed by atoms with van der Waals surface area (Å²) in [6.45, 7) is 4.19. The van der Waals surface area contributed by atoms with Crippen LogP contribution < -0.4 is 5.32 Å². The molecule has 2 atom stereocenters. The van der Waals surface area contributed by atoms with Crippen molar-refractivity contribution >= 4 is 48.5 Å². The number of benzene rings is 1. The van der Waals surface area contributed by atoms with E-state index in [9.17, 15) is 4.79 Å². The van der Waals surface area contributed by atoms with Crippen molar-refractivity contribution in [2.45, 2.75) is 63.1 Å². The maximum Gasteiger partial charge on any atom is 0.226 e. The molecule has 0 aliphatic heterocycles. The summed E-state index contributed by atoms with van der Waals surface area (Å²) in [6, 6.07) is 4.31. The van der Waals surface area contributed by atoms with Gasteiger partial charge in [0.05, 0.1) is 10.2 Å². The molecule has 1 amide bonds. The van der Waals surface area contributed by atoms with Crippen LogP contribution in [0.1, 0.15) is 56.1 Å². The van der Waals surface area contributed by atoms with Crippen molar-refractivity contribution in [2.75, 3.05) is 5.32 Å². The van der Waals surface area contributed by atoms with Crippen LogP contribution in [0.25, 0.3) is 10.2 Å². The molecule has 138 valence electrons. The van der Waals surface area contributed by atoms with Crippen LogP contribution in [0.5, 0.6) is 0 Å². The third-order valence-corrected chi connectivity index (χ3v) is 8.57. The molecule has 0 unspecified atom stereocenters. The molecule has 1 aromatic heterocycles. The maximum atomic E-state index is 12.9. The van der Waals surface area contributed by atoms with E-state index >= 15 is 0 Å². The number of alkyl halides is 1. The van der Waals surface area contributed by atoms with Crippen LogP contribution in [0.3, 0.4) is 0 Å². The summed E-state index contributed by atoms with van der Waals surface area (Å²) in [5.41, 5.74) is 3.65. The second kappa shape index (κ2) is 5.78. The molecule has 0 radical (unpaired) electrons. The number of hydrogen-bond acceptors (Lipinski definition) is 3. The van der Waals surface area contributed by atoms with E-state index in [4.69, 9.17) is 0 Å². The molecule has 6 rings (SSSR count). The van der Waals surface area contributed by atoms with E-state index < -0.39 is 0 Å². The molecule has 4 bridgehead atoms. The Hall–Kier alpha value is -0.940. The molecular weight excluding hydrogens is 408 g/mol. The van der Waals surface area contributed by atoms with Gasteiger partial charge in [-0.1, -0.05) is 33.3 Å². The highest BCUT2D eigenvalue weighted by Gasteiger charge is 2.57. The highest BCUT2D eigenvalue weighted by molar-refractivity contribution is 9.10. The fourth-order valence-corrected chi connectivity index (χ4v) is 9.04. The molecule has 1 aromatic carbocycles. The van der Waals surface area contributed by atoms with Gasteiger partial charge >= 0.3 is 0 Å². The number of rotatable bonds is 3. The first kappa shape index (κ1) is 17.2. The molecule has 4 fully saturated rings. The van der Waals surface area contributed by atoms with Crippen LogP contribution in [-0.4, -0.2) is 15.2 Å². The minimum absolute atomic E-state index is 0.150. The van der Waals surface area contributed by atoms with Crippen LogP contribution in [0.15, 0.2) is 12.1 Å². The SMILES string of the molecule is Cc1cc(C)c2nc(NC(=O)CC34C[C@H]5C[C@@H](CC(Br)(C5)C3)C4)sc2c1. The predicted molar refractivity (Wildman–Crippen MR) is 111 cm³/mol. The monoisotopic (exact) mass is 432 g/mol. The molecule has 5 heteroatoms. The first-order valence-electron chi connectivity index (χ1n) is 9.68. The fourth-order valence-electron chi connectivity index (χ4n) is 6.47. The number of anilines is 1. The summed E-state index contributed by atoms with van der Waals surface area (Å²) in [5.74, 6) is 1.78. The van der Waals surface area contributed by atoms with Gasteiger partial charge in [-0.05, 0) is 86.8 Å². The van der Waals surface area contributed by atoms with Gasteiger partial charge in [-0.2, -0.15) is 0 Å². The number of carbonyl (C=O) groups is 1. The Bertz CT molecular complexity index is 891. The highest BCUT2D eigenvalue weighted by Crippen LogP contribution is 2.65. The van der Waals surface area contributed by atoms with E-state index in [1.807, 2.05) is 0 Å². The lowest BCUT2D eigenvalue weighted by Gasteiger charge is -2.60. The molecule has 1 heterocycles. The smallest absolute Gasteiger partial charge is 0.226 e. The summed E-state index contributed by atoms with van der Waals surface area (Å²) in [6.07, 6.45) is 8.30. The first-order chi connectivity index (χ1) is 12.3. The molecule has 3 nitrogen and oxygen atoms in total. The zero-order chi connectivity index (χ0) is 18.1. The number of aromatic nitrogens is 1. The third-order valence-electron chi connectivity index (χ3n) is 6.72. The number of aryl methyl sites for hydroxylation is 2. The summed E-state index contributed by atoms with van der Waals surface area (Å²) in [4.78, 5) is 17.5. The van der Waals surface area contributed by atoms with Gasteiger partial charge in [0.25, 0.3) is 0 Å². The number of hydrogen-bond donors (Lipinski definition) is 1. The maximum absolute atomic E-state index is 12.9. The van der Waals surface area contributed by atoms with E-state index in [1.165, 1.54) is 49.7 Å². The topological polar surface area (TPSA) is 42.0 Å². The molecule has 4 aliphatic rings. The van der Waals surface area contributed by atoms with Crippen molar-refractivity contribution in [3.8, 4) is 0 Å². The first-order valence-corrected chi connectivity index (χ1v) is 11.3. The number of nitrogens with one attached hydrogen (secondary N) is 1. The number of thiazole rings is 1. The lowest BCUT2D eigenvalue weighted by molar-refractivity contribution is -0.123. The van der Waals surface area contributed by atoms with E-state index in [-0.39, 0.29) is 11.3 Å². The van der Waals surface area contributed by atoms with Gasteiger partial charge in [0, 0.05) is 10.7 Å². The van der Waals surface area contributed by atoms with E-state index in [0.717, 1.165) is 27.2 Å². The van der Waals surface area contributed by atoms with E-state index in [2.05, 4.69) is 52.2 Å². The summed E-state index contributed by atoms with van der Waals surface area (Å²) >= 11 is 5.64. The Morgan fingerprint density at radius 1 is 1.27 bits per heavy atom. The predicted octanol–water partition coefficient (Wildman–Crippen LogP) is 5.98. The lowest BCUT2D eigenvalue weighted by atomic mass is 9.48. The van der Waals surface area contributed by atoms with Gasteiger partial charge in [-0.3, -0.25) is 4.79 Å². The van der Waals surface area contributed by atoms with Crippen LogP contribution in [0.4, 0.5) is 5.13 Å². The number of halogens is 1. The minimum atomic E-state index is 0.150. The Labute approximate surface area is 167 Å². The second-order valence-corrected chi connectivity index (χ2v) is 12.0. The van der Waals surface area contributed by atoms with Crippen molar-refractivity contribution in [3.63, 3.8) is 0 Å². The van der Waals surface area contributed by atoms with Crippen molar-refractivity contribution in [2.24, 2.45) is 17.3 Å². The average molecular weight is 433 g/mol. The van der Waals surface area contributed by atoms with E-state index in [1.54, 1.807) is 11.3 Å². The van der Waals surface area contributed by atoms with Gasteiger partial charge in [0.15, 0.2) is 5.13 Å². The number of fused-ring (bicyclic) bond motifs is 1. The standard InChI is InChI=1S/C21H25BrN2OS/c1-12-3-13(2)18-16(4-12)26-19(24-18)23-17(25)10-20-6-14-5-15(7-20)9-21(22,8-14)11-20/h3-4,14-15H,5-11H2,1-2H3,(H,23,24,25)/t14-,15-,20?,21?/m1/s1. The number of amides is 1. The second-order valence-electron chi connectivity index (χ2n) is 9.28. The van der Waals surface area contributed by atoms with Crippen LogP contribution in [-0.2, 0) is 4.79 Å². The molecule has 2 aromatic rings. The highest BCUT2D eigenvalue weighted by atomic mass is 79.9. The van der Waals surface area contributed by atoms with Gasteiger partial charge in [0.2, 0.25) is 5.91 Å². The minimum Gasteiger partial charge on any atom is -0.302 e. The van der Waals surface area contributed by atoms with Crippen molar-refractivity contribution in [3.05, 3.63) is 23.3 Å². The molecular formula is C21H25BrN2OS. The zero-order valence-corrected chi connectivity index (χ0v) is 17.8. The van der Waals surface area contributed by atoms with Gasteiger partial charge < -0.3 is 5.32 Å². The summed E-state index contributed by atoms with van der Waals surface area (Å²) < 4.78 is 1.47. The molecule has 26 heavy (non-hydrogen) atoms. The largest absolute Gasteiger partial charge is 0.302 e. The van der Waals surface area contributed by atoms with Crippen molar-refractivity contribution in [1.82, 2.24) is 4.98 Å². The lowest BCUT2D eigenvalue weighted by Crippen LogP contribution is -2.53. The Balaban J connectivity index is 1.34. The van der Waals surface area contributed by atoms with Crippen LogP contribution in [0.2, 0.25) is 0 Å². The normalized spacial score (nSPS) is 35.2. The molecule has 4 aliphatic carbocycles. The van der Waals surface area contributed by atoms with Crippen molar-refractivity contribution < 1.29 is 4.79 Å². The van der Waals surface area contributed by atoms with Gasteiger partial charge in [0.1, 0.15) is 0 Å². The van der Waals surface area contributed by atoms with Gasteiger partial charge in [-0.15, -0.1) is 0 Å². The zero-order valence-electron chi connectivity index (χ0n) is 15.4. The van der Waals surface area contributed by atoms with Gasteiger partial charge in [-0.25, -0.2) is 4.98 Å². The fraction of sp³-hybridized carbons (Fsp3) is 0.619. The average Bonchev–Trinajstić information content (AvgIpc) is 2.86. The van der Waals surface area contributed by atoms with Crippen LogP contribution >= 0.6 is 27.3 Å². The molecule has 0 spiro atoms.